The first-order valence-electron chi connectivity index (χ1n) is 5.99. The van der Waals surface area contributed by atoms with Crippen molar-refractivity contribution in [2.45, 2.75) is 12.8 Å². The van der Waals surface area contributed by atoms with Gasteiger partial charge in [0.25, 0.3) is 5.91 Å². The van der Waals surface area contributed by atoms with Crippen LogP contribution in [-0.2, 0) is 0 Å². The molecule has 92 valence electrons. The summed E-state index contributed by atoms with van der Waals surface area (Å²) in [4.78, 5) is 18.0. The van der Waals surface area contributed by atoms with E-state index >= 15 is 0 Å². The zero-order valence-electron chi connectivity index (χ0n) is 10.2. The summed E-state index contributed by atoms with van der Waals surface area (Å²) in [5.74, 6) is 1.18. The molecule has 0 aliphatic carbocycles. The Balaban J connectivity index is 1.66. The lowest BCUT2D eigenvalue weighted by Crippen LogP contribution is -2.48. The van der Waals surface area contributed by atoms with E-state index in [0.29, 0.717) is 17.2 Å². The lowest BCUT2D eigenvalue weighted by atomic mass is 9.91. The van der Waals surface area contributed by atoms with Gasteiger partial charge >= 0.3 is 0 Å². The number of pyridine rings is 1. The van der Waals surface area contributed by atoms with Crippen LogP contribution in [0.1, 0.15) is 27.6 Å². The van der Waals surface area contributed by atoms with Gasteiger partial charge in [-0.25, -0.2) is 0 Å². The van der Waals surface area contributed by atoms with E-state index in [1.807, 2.05) is 24.0 Å². The molecule has 1 saturated heterocycles. The molecule has 0 unspecified atom stereocenters. The second-order valence-corrected chi connectivity index (χ2v) is 4.58. The Bertz CT molecular complexity index is 556. The first-order valence-corrected chi connectivity index (χ1v) is 5.99. The molecule has 0 N–H and O–H groups in total. The van der Waals surface area contributed by atoms with Gasteiger partial charge in [0.2, 0.25) is 0 Å². The van der Waals surface area contributed by atoms with Crippen LogP contribution in [0, 0.1) is 6.92 Å². The number of amides is 1. The minimum absolute atomic E-state index is 0.0616. The zero-order chi connectivity index (χ0) is 12.5. The summed E-state index contributed by atoms with van der Waals surface area (Å²) in [6, 6.07) is 5.75. The van der Waals surface area contributed by atoms with E-state index in [1.165, 1.54) is 5.56 Å². The van der Waals surface area contributed by atoms with Crippen molar-refractivity contribution in [1.82, 2.24) is 9.88 Å². The molecule has 2 aromatic heterocycles. The minimum atomic E-state index is 0.0616. The van der Waals surface area contributed by atoms with Gasteiger partial charge in [0, 0.05) is 31.4 Å². The predicted octanol–water partition coefficient (Wildman–Crippen LogP) is 2.22. The number of carbonyl (C=O) groups is 1. The fraction of sp³-hybridized carbons (Fsp3) is 0.286. The maximum absolute atomic E-state index is 12.1. The summed E-state index contributed by atoms with van der Waals surface area (Å²) < 4.78 is 5.16. The van der Waals surface area contributed by atoms with Crippen molar-refractivity contribution < 1.29 is 9.21 Å². The van der Waals surface area contributed by atoms with Gasteiger partial charge in [-0.2, -0.15) is 0 Å². The molecule has 0 spiro atoms. The summed E-state index contributed by atoms with van der Waals surface area (Å²) in [7, 11) is 0. The van der Waals surface area contributed by atoms with Gasteiger partial charge in [-0.1, -0.05) is 0 Å². The monoisotopic (exact) mass is 242 g/mol. The van der Waals surface area contributed by atoms with E-state index in [0.717, 1.165) is 13.1 Å². The van der Waals surface area contributed by atoms with Crippen molar-refractivity contribution in [3.8, 4) is 0 Å². The SMILES string of the molecule is Cc1occc1C(=O)N1CC(c2ccncc2)C1. The van der Waals surface area contributed by atoms with Crippen LogP contribution < -0.4 is 0 Å². The first kappa shape index (κ1) is 11.0. The average molecular weight is 242 g/mol. The van der Waals surface area contributed by atoms with E-state index in [-0.39, 0.29) is 5.91 Å². The van der Waals surface area contributed by atoms with E-state index < -0.39 is 0 Å². The molecule has 0 bridgehead atoms. The van der Waals surface area contributed by atoms with Crippen molar-refractivity contribution in [3.05, 3.63) is 53.7 Å². The van der Waals surface area contributed by atoms with Crippen LogP contribution in [-0.4, -0.2) is 28.9 Å². The van der Waals surface area contributed by atoms with Crippen LogP contribution in [0.2, 0.25) is 0 Å². The fourth-order valence-corrected chi connectivity index (χ4v) is 2.27. The quantitative estimate of drug-likeness (QED) is 0.811. The molecule has 1 aliphatic heterocycles. The maximum atomic E-state index is 12.1. The summed E-state index contributed by atoms with van der Waals surface area (Å²) >= 11 is 0. The van der Waals surface area contributed by atoms with Crippen LogP contribution in [0.25, 0.3) is 0 Å². The highest BCUT2D eigenvalue weighted by Gasteiger charge is 2.33. The van der Waals surface area contributed by atoms with Gasteiger partial charge in [-0.15, -0.1) is 0 Å². The molecule has 1 aliphatic rings. The molecule has 1 amide bonds. The molecule has 2 aromatic rings. The average Bonchev–Trinajstić information content (AvgIpc) is 2.75. The largest absolute Gasteiger partial charge is 0.469 e. The third-order valence-electron chi connectivity index (χ3n) is 3.44. The van der Waals surface area contributed by atoms with Crippen LogP contribution in [0.15, 0.2) is 41.3 Å². The third kappa shape index (κ3) is 1.79. The second-order valence-electron chi connectivity index (χ2n) is 4.58. The highest BCUT2D eigenvalue weighted by molar-refractivity contribution is 5.95. The summed E-state index contributed by atoms with van der Waals surface area (Å²) in [5.41, 5.74) is 1.92. The minimum Gasteiger partial charge on any atom is -0.469 e. The Morgan fingerprint density at radius 3 is 2.67 bits per heavy atom. The Morgan fingerprint density at radius 2 is 2.06 bits per heavy atom. The molecule has 18 heavy (non-hydrogen) atoms. The second kappa shape index (κ2) is 4.29. The number of carbonyl (C=O) groups excluding carboxylic acids is 1. The highest BCUT2D eigenvalue weighted by Crippen LogP contribution is 2.28. The van der Waals surface area contributed by atoms with Gasteiger partial charge in [0.15, 0.2) is 0 Å². The lowest BCUT2D eigenvalue weighted by molar-refractivity contribution is 0.0600. The Hall–Kier alpha value is -2.10. The Labute approximate surface area is 105 Å². The fourth-order valence-electron chi connectivity index (χ4n) is 2.27. The summed E-state index contributed by atoms with van der Waals surface area (Å²) in [6.07, 6.45) is 5.14. The van der Waals surface area contributed by atoms with E-state index in [2.05, 4.69) is 4.98 Å². The number of aryl methyl sites for hydroxylation is 1. The molecule has 4 heteroatoms. The van der Waals surface area contributed by atoms with Gasteiger partial charge in [-0.3, -0.25) is 9.78 Å². The van der Waals surface area contributed by atoms with Crippen molar-refractivity contribution >= 4 is 5.91 Å². The molecule has 3 rings (SSSR count). The number of rotatable bonds is 2. The molecule has 3 heterocycles. The third-order valence-corrected chi connectivity index (χ3v) is 3.44. The van der Waals surface area contributed by atoms with Gasteiger partial charge in [0.1, 0.15) is 5.76 Å². The predicted molar refractivity (Wildman–Crippen MR) is 66.3 cm³/mol. The molecule has 0 atom stereocenters. The highest BCUT2D eigenvalue weighted by atomic mass is 16.3. The molecule has 0 radical (unpaired) electrons. The molecule has 4 nitrogen and oxygen atoms in total. The van der Waals surface area contributed by atoms with Crippen LogP contribution >= 0.6 is 0 Å². The number of hydrogen-bond donors (Lipinski definition) is 0. The maximum Gasteiger partial charge on any atom is 0.257 e. The van der Waals surface area contributed by atoms with Crippen LogP contribution in [0.3, 0.4) is 0 Å². The van der Waals surface area contributed by atoms with Gasteiger partial charge in [0.05, 0.1) is 11.8 Å². The van der Waals surface area contributed by atoms with Gasteiger partial charge in [-0.05, 0) is 30.7 Å². The van der Waals surface area contributed by atoms with Crippen LogP contribution in [0.4, 0.5) is 0 Å². The van der Waals surface area contributed by atoms with Gasteiger partial charge < -0.3 is 9.32 Å². The molecule has 0 aromatic carbocycles. The topological polar surface area (TPSA) is 46.3 Å². The number of nitrogens with zero attached hydrogens (tertiary/aromatic N) is 2. The number of hydrogen-bond acceptors (Lipinski definition) is 3. The Morgan fingerprint density at radius 1 is 1.33 bits per heavy atom. The van der Waals surface area contributed by atoms with E-state index in [4.69, 9.17) is 4.42 Å². The van der Waals surface area contributed by atoms with Crippen molar-refractivity contribution in [2.75, 3.05) is 13.1 Å². The standard InChI is InChI=1S/C14H14N2O2/c1-10-13(4-7-18-10)14(17)16-8-12(9-16)11-2-5-15-6-3-11/h2-7,12H,8-9H2,1H3. The summed E-state index contributed by atoms with van der Waals surface area (Å²) in [6.45, 7) is 3.36. The molecule has 0 saturated carbocycles. The first-order chi connectivity index (χ1) is 8.75. The smallest absolute Gasteiger partial charge is 0.257 e. The van der Waals surface area contributed by atoms with Crippen molar-refractivity contribution in [3.63, 3.8) is 0 Å². The Kier molecular flexibility index (Phi) is 2.63. The van der Waals surface area contributed by atoms with Crippen LogP contribution in [0.5, 0.6) is 0 Å². The normalized spacial score (nSPS) is 15.5. The molecule has 1 fully saturated rings. The number of likely N-dealkylation sites (tertiary alicyclic amines) is 1. The van der Waals surface area contributed by atoms with E-state index in [9.17, 15) is 4.79 Å². The number of aromatic nitrogens is 1. The van der Waals surface area contributed by atoms with Crippen molar-refractivity contribution in [2.24, 2.45) is 0 Å². The number of furan rings is 1. The van der Waals surface area contributed by atoms with Crippen molar-refractivity contribution in [1.29, 1.82) is 0 Å². The molecular weight excluding hydrogens is 228 g/mol. The van der Waals surface area contributed by atoms with E-state index in [1.54, 1.807) is 24.7 Å². The zero-order valence-corrected chi connectivity index (χ0v) is 10.2. The summed E-state index contributed by atoms with van der Waals surface area (Å²) in [5, 5.41) is 0. The lowest BCUT2D eigenvalue weighted by Gasteiger charge is -2.39. The molecular formula is C14H14N2O2.